The third-order valence-corrected chi connectivity index (χ3v) is 5.06. The Morgan fingerprint density at radius 1 is 1.25 bits per heavy atom. The highest BCUT2D eigenvalue weighted by Gasteiger charge is 2.40. The lowest BCUT2D eigenvalue weighted by molar-refractivity contribution is -0.118. The number of anilines is 2. The Hall–Kier alpha value is -3.32. The summed E-state index contributed by atoms with van der Waals surface area (Å²) in [5.74, 6) is 0.452. The Balaban J connectivity index is 1.54. The largest absolute Gasteiger partial charge is 0.497 e. The van der Waals surface area contributed by atoms with E-state index in [1.54, 1.807) is 18.2 Å². The van der Waals surface area contributed by atoms with Crippen LogP contribution in [0.25, 0.3) is 11.1 Å². The quantitative estimate of drug-likeness (QED) is 0.613. The van der Waals surface area contributed by atoms with Crippen LogP contribution >= 0.6 is 0 Å². The van der Waals surface area contributed by atoms with Crippen LogP contribution in [0.1, 0.15) is 0 Å². The molecule has 7 nitrogen and oxygen atoms in total. The van der Waals surface area contributed by atoms with E-state index >= 15 is 0 Å². The first-order chi connectivity index (χ1) is 13.7. The van der Waals surface area contributed by atoms with Gasteiger partial charge in [0.15, 0.2) is 0 Å². The van der Waals surface area contributed by atoms with E-state index in [2.05, 4.69) is 15.5 Å². The number of carbonyl (C=O) groups is 1. The molecule has 0 spiro atoms. The van der Waals surface area contributed by atoms with Crippen LogP contribution in [0.3, 0.4) is 0 Å². The number of H-pyrrole nitrogens is 1. The number of nitrogens with zero attached hydrogens (tertiary/aromatic N) is 2. The third-order valence-electron chi connectivity index (χ3n) is 5.06. The normalized spacial score (nSPS) is 19.1. The number of aliphatic hydroxyl groups excluding tert-OH is 1. The van der Waals surface area contributed by atoms with Crippen LogP contribution < -0.4 is 15.0 Å². The summed E-state index contributed by atoms with van der Waals surface area (Å²) in [5.41, 5.74) is 3.61. The molecule has 3 aromatic rings. The van der Waals surface area contributed by atoms with Crippen molar-refractivity contribution in [2.45, 2.75) is 6.04 Å². The Kier molecular flexibility index (Phi) is 4.99. The summed E-state index contributed by atoms with van der Waals surface area (Å²) in [5, 5.41) is 19.8. The Morgan fingerprint density at radius 2 is 2.07 bits per heavy atom. The minimum Gasteiger partial charge on any atom is -0.497 e. The van der Waals surface area contributed by atoms with E-state index in [1.165, 1.54) is 0 Å². The smallest absolute Gasteiger partial charge is 0.249 e. The molecule has 1 aliphatic heterocycles. The molecule has 4 rings (SSSR count). The van der Waals surface area contributed by atoms with Gasteiger partial charge in [-0.2, -0.15) is 5.10 Å². The Labute approximate surface area is 163 Å². The van der Waals surface area contributed by atoms with Crippen molar-refractivity contribution in [3.8, 4) is 16.9 Å². The first kappa shape index (κ1) is 18.1. The first-order valence-electron chi connectivity index (χ1n) is 9.11. The molecule has 1 aromatic heterocycles. The Bertz CT molecular complexity index is 941. The number of aliphatic hydroxyl groups is 1. The fourth-order valence-electron chi connectivity index (χ4n) is 3.51. The van der Waals surface area contributed by atoms with Gasteiger partial charge in [0.05, 0.1) is 19.9 Å². The molecule has 0 aliphatic carbocycles. The van der Waals surface area contributed by atoms with Crippen LogP contribution in [0.5, 0.6) is 5.75 Å². The third kappa shape index (κ3) is 3.44. The highest BCUT2D eigenvalue weighted by molar-refractivity contribution is 6.01. The second kappa shape index (κ2) is 7.74. The van der Waals surface area contributed by atoms with Crippen LogP contribution in [-0.4, -0.2) is 47.5 Å². The maximum atomic E-state index is 13.1. The highest BCUT2D eigenvalue weighted by atomic mass is 16.5. The van der Waals surface area contributed by atoms with Crippen molar-refractivity contribution in [3.05, 3.63) is 60.9 Å². The van der Waals surface area contributed by atoms with Crippen molar-refractivity contribution >= 4 is 17.3 Å². The predicted octanol–water partition coefficient (Wildman–Crippen LogP) is 2.52. The van der Waals surface area contributed by atoms with Crippen molar-refractivity contribution in [2.75, 3.05) is 30.5 Å². The van der Waals surface area contributed by atoms with E-state index in [9.17, 15) is 9.90 Å². The molecule has 144 valence electrons. The topological polar surface area (TPSA) is 90.5 Å². The maximum absolute atomic E-state index is 13.1. The van der Waals surface area contributed by atoms with Gasteiger partial charge in [0.25, 0.3) is 0 Å². The van der Waals surface area contributed by atoms with Crippen LogP contribution in [-0.2, 0) is 4.79 Å². The Morgan fingerprint density at radius 3 is 2.75 bits per heavy atom. The number of aromatic nitrogens is 2. The molecule has 1 amide bonds. The number of nitrogens with one attached hydrogen (secondary N) is 2. The summed E-state index contributed by atoms with van der Waals surface area (Å²) in [7, 11) is 1.60. The number of methoxy groups -OCH3 is 1. The van der Waals surface area contributed by atoms with Gasteiger partial charge in [0.1, 0.15) is 11.8 Å². The van der Waals surface area contributed by atoms with Gasteiger partial charge in [-0.3, -0.25) is 9.89 Å². The molecule has 28 heavy (non-hydrogen) atoms. The molecule has 2 atom stereocenters. The van der Waals surface area contributed by atoms with Gasteiger partial charge in [-0.1, -0.05) is 18.2 Å². The highest BCUT2D eigenvalue weighted by Crippen LogP contribution is 2.30. The van der Waals surface area contributed by atoms with Crippen molar-refractivity contribution in [2.24, 2.45) is 5.92 Å². The number of hydrogen-bond donors (Lipinski definition) is 3. The van der Waals surface area contributed by atoms with Crippen LogP contribution in [0.15, 0.2) is 60.9 Å². The summed E-state index contributed by atoms with van der Waals surface area (Å²) in [6, 6.07) is 14.7. The zero-order valence-corrected chi connectivity index (χ0v) is 15.5. The van der Waals surface area contributed by atoms with Gasteiger partial charge in [0.2, 0.25) is 5.91 Å². The zero-order valence-electron chi connectivity index (χ0n) is 15.5. The lowest BCUT2D eigenvalue weighted by Gasteiger charge is -2.19. The number of benzene rings is 2. The molecule has 2 heterocycles. The minimum absolute atomic E-state index is 0.0575. The molecule has 1 saturated heterocycles. The molecule has 7 heteroatoms. The summed E-state index contributed by atoms with van der Waals surface area (Å²) in [4.78, 5) is 14.8. The van der Waals surface area contributed by atoms with Crippen LogP contribution in [0.2, 0.25) is 0 Å². The van der Waals surface area contributed by atoms with Crippen LogP contribution in [0.4, 0.5) is 11.4 Å². The monoisotopic (exact) mass is 378 g/mol. The molecule has 0 radical (unpaired) electrons. The van der Waals surface area contributed by atoms with Crippen LogP contribution in [0, 0.1) is 5.92 Å². The zero-order chi connectivity index (χ0) is 19.5. The van der Waals surface area contributed by atoms with Crippen molar-refractivity contribution in [1.82, 2.24) is 10.2 Å². The van der Waals surface area contributed by atoms with E-state index in [0.717, 1.165) is 22.5 Å². The lowest BCUT2D eigenvalue weighted by atomic mass is 10.0. The standard InChI is InChI=1S/C21H22N4O3/c1-28-19-4-2-3-17(9-19)24-20-16(13-26)12-25(21(20)27)18-7-5-14(6-8-18)15-10-22-23-11-15/h2-11,16,20,24,26H,12-13H2,1H3,(H,22,23)/t16-,20?/m1/s1. The number of aromatic amines is 1. The van der Waals surface area contributed by atoms with Crippen molar-refractivity contribution in [1.29, 1.82) is 0 Å². The molecular weight excluding hydrogens is 356 g/mol. The van der Waals surface area contributed by atoms with Gasteiger partial charge in [-0.15, -0.1) is 0 Å². The number of carbonyl (C=O) groups excluding carboxylic acids is 1. The summed E-state index contributed by atoms with van der Waals surface area (Å²) in [6.45, 7) is 0.388. The van der Waals surface area contributed by atoms with E-state index in [4.69, 9.17) is 4.74 Å². The van der Waals surface area contributed by atoms with Gasteiger partial charge in [-0.25, -0.2) is 0 Å². The average Bonchev–Trinajstić information content (AvgIpc) is 3.38. The summed E-state index contributed by atoms with van der Waals surface area (Å²) in [6.07, 6.45) is 3.58. The van der Waals surface area contributed by atoms with Gasteiger partial charge < -0.3 is 20.1 Å². The maximum Gasteiger partial charge on any atom is 0.249 e. The lowest BCUT2D eigenvalue weighted by Crippen LogP contribution is -2.36. The van der Waals surface area contributed by atoms with E-state index < -0.39 is 6.04 Å². The van der Waals surface area contributed by atoms with E-state index in [1.807, 2.05) is 54.7 Å². The number of ether oxygens (including phenoxy) is 1. The molecule has 3 N–H and O–H groups in total. The number of amides is 1. The second-order valence-electron chi connectivity index (χ2n) is 6.78. The summed E-state index contributed by atoms with van der Waals surface area (Å²) >= 11 is 0. The number of hydrogen-bond acceptors (Lipinski definition) is 5. The van der Waals surface area contributed by atoms with Gasteiger partial charge >= 0.3 is 0 Å². The number of rotatable bonds is 6. The second-order valence-corrected chi connectivity index (χ2v) is 6.78. The predicted molar refractivity (Wildman–Crippen MR) is 107 cm³/mol. The molecule has 0 bridgehead atoms. The minimum atomic E-state index is -0.495. The SMILES string of the molecule is COc1cccc(NC2C(=O)N(c3ccc(-c4cn[nH]c4)cc3)C[C@@H]2CO)c1. The van der Waals surface area contributed by atoms with Crippen molar-refractivity contribution in [3.63, 3.8) is 0 Å². The molecule has 1 fully saturated rings. The van der Waals surface area contributed by atoms with Crippen molar-refractivity contribution < 1.29 is 14.6 Å². The molecule has 1 unspecified atom stereocenters. The van der Waals surface area contributed by atoms with Gasteiger partial charge in [0, 0.05) is 41.7 Å². The fourth-order valence-corrected chi connectivity index (χ4v) is 3.51. The molecule has 2 aromatic carbocycles. The summed E-state index contributed by atoms with van der Waals surface area (Å²) < 4.78 is 5.24. The molecular formula is C21H22N4O3. The molecule has 0 saturated carbocycles. The average molecular weight is 378 g/mol. The van der Waals surface area contributed by atoms with E-state index in [0.29, 0.717) is 12.3 Å². The van der Waals surface area contributed by atoms with E-state index in [-0.39, 0.29) is 18.4 Å². The van der Waals surface area contributed by atoms with Gasteiger partial charge in [-0.05, 0) is 29.8 Å². The molecule has 1 aliphatic rings. The fraction of sp³-hybridized carbons (Fsp3) is 0.238. The first-order valence-corrected chi connectivity index (χ1v) is 9.11.